The molecule has 0 aliphatic rings. The first-order chi connectivity index (χ1) is 8.35. The van der Waals surface area contributed by atoms with Crippen LogP contribution in [0.5, 0.6) is 5.75 Å². The smallest absolute Gasteiger partial charge is 0.335 e. The number of nitriles is 1. The SMILES string of the molecule is CC(C)(C#N)CCOc1cc(C(=O)O)ccc1I. The molecule has 0 fully saturated rings. The van der Waals surface area contributed by atoms with Crippen LogP contribution in [0.2, 0.25) is 0 Å². The van der Waals surface area contributed by atoms with Crippen LogP contribution in [0.3, 0.4) is 0 Å². The Bertz CT molecular complexity index is 491. The maximum atomic E-state index is 10.8. The minimum Gasteiger partial charge on any atom is -0.492 e. The van der Waals surface area contributed by atoms with E-state index in [4.69, 9.17) is 15.1 Å². The van der Waals surface area contributed by atoms with Crippen molar-refractivity contribution in [2.45, 2.75) is 20.3 Å². The van der Waals surface area contributed by atoms with E-state index < -0.39 is 11.4 Å². The number of benzene rings is 1. The highest BCUT2D eigenvalue weighted by Gasteiger charge is 2.17. The largest absolute Gasteiger partial charge is 0.492 e. The lowest BCUT2D eigenvalue weighted by Gasteiger charge is -2.16. The summed E-state index contributed by atoms with van der Waals surface area (Å²) in [5.41, 5.74) is -0.236. The topological polar surface area (TPSA) is 70.3 Å². The fraction of sp³-hybridized carbons (Fsp3) is 0.385. The van der Waals surface area contributed by atoms with Crippen molar-refractivity contribution in [3.63, 3.8) is 0 Å². The lowest BCUT2D eigenvalue weighted by atomic mass is 9.92. The molecule has 5 heteroatoms. The van der Waals surface area contributed by atoms with E-state index in [1.54, 1.807) is 6.07 Å². The molecular formula is C13H14INO3. The Kier molecular flexibility index (Phi) is 4.96. The molecule has 1 N–H and O–H groups in total. The summed E-state index contributed by atoms with van der Waals surface area (Å²) in [6.07, 6.45) is 0.594. The first-order valence-electron chi connectivity index (χ1n) is 5.42. The van der Waals surface area contributed by atoms with Gasteiger partial charge in [-0.3, -0.25) is 0 Å². The van der Waals surface area contributed by atoms with Crippen molar-refractivity contribution in [1.82, 2.24) is 0 Å². The number of aromatic carboxylic acids is 1. The summed E-state index contributed by atoms with van der Waals surface area (Å²) >= 11 is 2.09. The van der Waals surface area contributed by atoms with Gasteiger partial charge in [-0.25, -0.2) is 4.79 Å². The Morgan fingerprint density at radius 2 is 2.22 bits per heavy atom. The number of halogens is 1. The van der Waals surface area contributed by atoms with Gasteiger partial charge >= 0.3 is 5.97 Å². The number of carboxylic acids is 1. The van der Waals surface area contributed by atoms with Gasteiger partial charge in [0.15, 0.2) is 0 Å². The highest BCUT2D eigenvalue weighted by molar-refractivity contribution is 14.1. The molecule has 0 aromatic heterocycles. The number of hydrogen-bond acceptors (Lipinski definition) is 3. The number of carboxylic acid groups (broad SMARTS) is 1. The molecule has 0 radical (unpaired) electrons. The molecular weight excluding hydrogens is 345 g/mol. The first-order valence-corrected chi connectivity index (χ1v) is 6.50. The van der Waals surface area contributed by atoms with Crippen molar-refractivity contribution in [1.29, 1.82) is 5.26 Å². The van der Waals surface area contributed by atoms with Crippen LogP contribution in [0.4, 0.5) is 0 Å². The third-order valence-electron chi connectivity index (χ3n) is 2.47. The molecule has 0 aliphatic heterocycles. The van der Waals surface area contributed by atoms with Crippen molar-refractivity contribution in [2.24, 2.45) is 5.41 Å². The monoisotopic (exact) mass is 359 g/mol. The zero-order valence-corrected chi connectivity index (χ0v) is 12.4. The second-order valence-electron chi connectivity index (χ2n) is 4.54. The molecule has 0 saturated heterocycles. The standard InChI is InChI=1S/C13H14INO3/c1-13(2,8-15)5-6-18-11-7-9(12(16)17)3-4-10(11)14/h3-4,7H,5-6H2,1-2H3,(H,16,17). The molecule has 0 amide bonds. The molecule has 4 nitrogen and oxygen atoms in total. The van der Waals surface area contributed by atoms with E-state index in [-0.39, 0.29) is 5.56 Å². The number of rotatable bonds is 5. The van der Waals surface area contributed by atoms with E-state index in [0.717, 1.165) is 3.57 Å². The molecule has 1 rings (SSSR count). The van der Waals surface area contributed by atoms with E-state index in [1.807, 2.05) is 13.8 Å². The fourth-order valence-corrected chi connectivity index (χ4v) is 1.71. The van der Waals surface area contributed by atoms with Crippen molar-refractivity contribution >= 4 is 28.6 Å². The summed E-state index contributed by atoms with van der Waals surface area (Å²) in [5.74, 6) is -0.433. The Hall–Kier alpha value is -1.29. The zero-order chi connectivity index (χ0) is 13.8. The molecule has 0 heterocycles. The molecule has 0 bridgehead atoms. The minimum absolute atomic E-state index is 0.199. The predicted octanol–water partition coefficient (Wildman–Crippen LogP) is 3.31. The van der Waals surface area contributed by atoms with E-state index in [0.29, 0.717) is 18.8 Å². The van der Waals surface area contributed by atoms with Crippen LogP contribution >= 0.6 is 22.6 Å². The molecule has 0 aliphatic carbocycles. The number of carbonyl (C=O) groups is 1. The Morgan fingerprint density at radius 1 is 1.56 bits per heavy atom. The van der Waals surface area contributed by atoms with Crippen molar-refractivity contribution in [3.05, 3.63) is 27.3 Å². The predicted molar refractivity (Wildman–Crippen MR) is 75.6 cm³/mol. The zero-order valence-electron chi connectivity index (χ0n) is 10.2. The van der Waals surface area contributed by atoms with Gasteiger partial charge in [0.2, 0.25) is 0 Å². The molecule has 0 unspecified atom stereocenters. The lowest BCUT2D eigenvalue weighted by molar-refractivity contribution is 0.0696. The Labute approximate surface area is 120 Å². The molecule has 1 aromatic carbocycles. The van der Waals surface area contributed by atoms with Crippen molar-refractivity contribution < 1.29 is 14.6 Å². The van der Waals surface area contributed by atoms with Crippen LogP contribution in [-0.4, -0.2) is 17.7 Å². The van der Waals surface area contributed by atoms with Crippen molar-refractivity contribution in [3.8, 4) is 11.8 Å². The van der Waals surface area contributed by atoms with Gasteiger partial charge in [-0.05, 0) is 61.1 Å². The molecule has 0 spiro atoms. The van der Waals surface area contributed by atoms with Gasteiger partial charge in [0.1, 0.15) is 5.75 Å². The maximum Gasteiger partial charge on any atom is 0.335 e. The number of hydrogen-bond donors (Lipinski definition) is 1. The summed E-state index contributed by atoms with van der Waals surface area (Å²) in [5, 5.41) is 17.8. The molecule has 1 aromatic rings. The van der Waals surface area contributed by atoms with Gasteiger partial charge < -0.3 is 9.84 Å². The first kappa shape index (κ1) is 14.8. The van der Waals surface area contributed by atoms with E-state index in [9.17, 15) is 4.79 Å². The molecule has 0 saturated carbocycles. The Morgan fingerprint density at radius 3 is 2.78 bits per heavy atom. The van der Waals surface area contributed by atoms with Gasteiger partial charge in [-0.2, -0.15) is 5.26 Å². The van der Waals surface area contributed by atoms with Crippen molar-refractivity contribution in [2.75, 3.05) is 6.61 Å². The molecule has 0 atom stereocenters. The van der Waals surface area contributed by atoms with Gasteiger partial charge in [-0.1, -0.05) is 0 Å². The van der Waals surface area contributed by atoms with Gasteiger partial charge in [0.25, 0.3) is 0 Å². The molecule has 18 heavy (non-hydrogen) atoms. The van der Waals surface area contributed by atoms with Gasteiger partial charge in [0, 0.05) is 0 Å². The summed E-state index contributed by atoms with van der Waals surface area (Å²) in [6, 6.07) is 6.94. The minimum atomic E-state index is -0.978. The third-order valence-corrected chi connectivity index (χ3v) is 3.36. The lowest BCUT2D eigenvalue weighted by Crippen LogP contribution is -2.13. The highest BCUT2D eigenvalue weighted by Crippen LogP contribution is 2.24. The third kappa shape index (κ3) is 4.18. The van der Waals surface area contributed by atoms with Gasteiger partial charge in [-0.15, -0.1) is 0 Å². The van der Waals surface area contributed by atoms with E-state index >= 15 is 0 Å². The van der Waals surface area contributed by atoms with E-state index in [1.165, 1.54) is 12.1 Å². The quantitative estimate of drug-likeness (QED) is 0.819. The van der Waals surface area contributed by atoms with Crippen LogP contribution in [0.25, 0.3) is 0 Å². The van der Waals surface area contributed by atoms with Crippen LogP contribution < -0.4 is 4.74 Å². The van der Waals surface area contributed by atoms with Crippen LogP contribution in [0, 0.1) is 20.3 Å². The average molecular weight is 359 g/mol. The average Bonchev–Trinajstić information content (AvgIpc) is 2.31. The number of ether oxygens (including phenoxy) is 1. The van der Waals surface area contributed by atoms with Crippen LogP contribution in [0.15, 0.2) is 18.2 Å². The number of nitrogens with zero attached hydrogens (tertiary/aromatic N) is 1. The highest BCUT2D eigenvalue weighted by atomic mass is 127. The normalized spacial score (nSPS) is 10.8. The van der Waals surface area contributed by atoms with E-state index in [2.05, 4.69) is 28.7 Å². The maximum absolute atomic E-state index is 10.8. The summed E-state index contributed by atoms with van der Waals surface area (Å²) in [6.45, 7) is 4.07. The Balaban J connectivity index is 2.71. The van der Waals surface area contributed by atoms with Gasteiger partial charge in [0.05, 0.1) is 27.2 Å². The summed E-state index contributed by atoms with van der Waals surface area (Å²) in [7, 11) is 0. The molecule has 96 valence electrons. The summed E-state index contributed by atoms with van der Waals surface area (Å²) < 4.78 is 6.40. The van der Waals surface area contributed by atoms with Crippen LogP contribution in [-0.2, 0) is 0 Å². The second kappa shape index (κ2) is 6.05. The summed E-state index contributed by atoms with van der Waals surface area (Å²) in [4.78, 5) is 10.8. The van der Waals surface area contributed by atoms with Crippen LogP contribution in [0.1, 0.15) is 30.6 Å². The fourth-order valence-electron chi connectivity index (χ4n) is 1.22. The second-order valence-corrected chi connectivity index (χ2v) is 5.71.